The number of aromatic nitrogens is 2. The van der Waals surface area contributed by atoms with E-state index in [-0.39, 0.29) is 0 Å². The van der Waals surface area contributed by atoms with Gasteiger partial charge in [0.05, 0.1) is 0 Å². The van der Waals surface area contributed by atoms with Gasteiger partial charge >= 0.3 is 141 Å². The molecule has 0 bridgehead atoms. The summed E-state index contributed by atoms with van der Waals surface area (Å²) in [6.07, 6.45) is 1.66. The minimum atomic E-state index is -1.77. The first-order chi connectivity index (χ1) is 10.9. The fourth-order valence-corrected chi connectivity index (χ4v) is 5.13. The summed E-state index contributed by atoms with van der Waals surface area (Å²) >= 11 is -1.77. The zero-order chi connectivity index (χ0) is 16.6. The molecule has 0 fully saturated rings. The molecule has 3 rings (SSSR count). The van der Waals surface area contributed by atoms with Crippen LogP contribution in [0.3, 0.4) is 0 Å². The van der Waals surface area contributed by atoms with Crippen molar-refractivity contribution in [2.75, 3.05) is 19.0 Å². The normalized spacial score (nSPS) is 11.7. The molecule has 0 aliphatic carbocycles. The van der Waals surface area contributed by atoms with E-state index in [1.807, 2.05) is 14.1 Å². The van der Waals surface area contributed by atoms with E-state index in [9.17, 15) is 0 Å². The summed E-state index contributed by atoms with van der Waals surface area (Å²) in [7, 11) is 4.08. The second kappa shape index (κ2) is 5.97. The van der Waals surface area contributed by atoms with E-state index >= 15 is 0 Å². The van der Waals surface area contributed by atoms with Crippen molar-refractivity contribution in [1.82, 2.24) is 9.97 Å². The molecule has 3 nitrogen and oxygen atoms in total. The van der Waals surface area contributed by atoms with Crippen molar-refractivity contribution in [2.24, 2.45) is 0 Å². The molecule has 118 valence electrons. The van der Waals surface area contributed by atoms with Crippen LogP contribution in [0.4, 0.5) is 5.69 Å². The Kier molecular flexibility index (Phi) is 4.15. The van der Waals surface area contributed by atoms with Gasteiger partial charge in [0.2, 0.25) is 0 Å². The summed E-state index contributed by atoms with van der Waals surface area (Å²) in [4.78, 5) is 11.1. The van der Waals surface area contributed by atoms with E-state index in [1.54, 1.807) is 6.33 Å². The molecule has 3 aromatic rings. The third-order valence-corrected chi connectivity index (χ3v) is 8.49. The third-order valence-electron chi connectivity index (χ3n) is 4.16. The second-order valence-electron chi connectivity index (χ2n) is 7.15. The van der Waals surface area contributed by atoms with Crippen molar-refractivity contribution in [3.8, 4) is 11.3 Å². The van der Waals surface area contributed by atoms with Gasteiger partial charge in [-0.15, -0.1) is 0 Å². The van der Waals surface area contributed by atoms with E-state index in [4.69, 9.17) is 0 Å². The summed E-state index contributed by atoms with van der Waals surface area (Å²) < 4.78 is 1.52. The summed E-state index contributed by atoms with van der Waals surface area (Å²) in [6.45, 7) is 0. The van der Waals surface area contributed by atoms with Crippen LogP contribution < -0.4 is 9.30 Å². The van der Waals surface area contributed by atoms with E-state index in [0.29, 0.717) is 0 Å². The molecular formula is C19H23GeN3. The number of anilines is 1. The first-order valence-corrected chi connectivity index (χ1v) is 15.2. The molecular weight excluding hydrogens is 343 g/mol. The van der Waals surface area contributed by atoms with Crippen LogP contribution >= 0.6 is 0 Å². The summed E-state index contributed by atoms with van der Waals surface area (Å²) in [6, 6.07) is 15.3. The molecule has 0 N–H and O–H groups in total. The molecule has 23 heavy (non-hydrogen) atoms. The first-order valence-electron chi connectivity index (χ1n) is 7.89. The molecule has 1 aromatic heterocycles. The van der Waals surface area contributed by atoms with Crippen LogP contribution in [0.15, 0.2) is 48.8 Å². The Balaban J connectivity index is 2.09. The molecule has 0 amide bonds. The van der Waals surface area contributed by atoms with Gasteiger partial charge in [-0.05, 0) is 0 Å². The average Bonchev–Trinajstić information content (AvgIpc) is 2.53. The number of fused-ring (bicyclic) bond motifs is 1. The van der Waals surface area contributed by atoms with E-state index in [2.05, 4.69) is 74.6 Å². The van der Waals surface area contributed by atoms with Crippen LogP contribution in [0.25, 0.3) is 22.2 Å². The van der Waals surface area contributed by atoms with Crippen LogP contribution in [0.1, 0.15) is 0 Å². The molecule has 4 heteroatoms. The van der Waals surface area contributed by atoms with Gasteiger partial charge in [-0.25, -0.2) is 0 Å². The molecule has 0 aliphatic heterocycles. The van der Waals surface area contributed by atoms with Crippen LogP contribution in [0.5, 0.6) is 0 Å². The van der Waals surface area contributed by atoms with Crippen molar-refractivity contribution >= 4 is 34.3 Å². The van der Waals surface area contributed by atoms with E-state index in [1.165, 1.54) is 4.40 Å². The Labute approximate surface area is 140 Å². The Morgan fingerprint density at radius 1 is 0.870 bits per heavy atom. The minimum absolute atomic E-state index is 0.985. The second-order valence-corrected chi connectivity index (χ2v) is 17.8. The summed E-state index contributed by atoms with van der Waals surface area (Å²) in [5, 5.41) is 1.10. The molecule has 0 saturated carbocycles. The van der Waals surface area contributed by atoms with Gasteiger partial charge in [0.1, 0.15) is 0 Å². The van der Waals surface area contributed by atoms with Gasteiger partial charge in [0, 0.05) is 0 Å². The van der Waals surface area contributed by atoms with Gasteiger partial charge in [0.25, 0.3) is 0 Å². The van der Waals surface area contributed by atoms with Crippen LogP contribution in [0, 0.1) is 0 Å². The van der Waals surface area contributed by atoms with Gasteiger partial charge in [-0.1, -0.05) is 0 Å². The monoisotopic (exact) mass is 367 g/mol. The molecule has 0 atom stereocenters. The summed E-state index contributed by atoms with van der Waals surface area (Å²) in [5.41, 5.74) is 4.30. The number of hydrogen-bond acceptors (Lipinski definition) is 3. The summed E-state index contributed by atoms with van der Waals surface area (Å²) in [5.74, 6) is 7.24. The molecule has 0 unspecified atom stereocenters. The van der Waals surface area contributed by atoms with Crippen LogP contribution in [0.2, 0.25) is 17.3 Å². The molecule has 1 heterocycles. The Morgan fingerprint density at radius 2 is 1.57 bits per heavy atom. The molecule has 0 radical (unpaired) electrons. The maximum atomic E-state index is 4.53. The number of benzene rings is 2. The predicted molar refractivity (Wildman–Crippen MR) is 102 cm³/mol. The zero-order valence-electron chi connectivity index (χ0n) is 14.5. The molecule has 2 aromatic carbocycles. The SMILES string of the molecule is CN(C)c1ccc2c(-c3cc[c]([Ge]([CH3])([CH3])[CH3])cc3)ncnc2c1. The van der Waals surface area contributed by atoms with Gasteiger partial charge in [-0.3, -0.25) is 0 Å². The Bertz CT molecular complexity index is 833. The van der Waals surface area contributed by atoms with Crippen molar-refractivity contribution in [3.05, 3.63) is 48.8 Å². The maximum absolute atomic E-state index is 4.53. The fraction of sp³-hybridized carbons (Fsp3) is 0.263. The standard InChI is InChI=1S/C19H23GeN3/c1-20(2,3)15-8-6-14(7-9-15)19-17-11-10-16(23(4)5)12-18(17)21-13-22-19/h6-13H,1-5H3. The van der Waals surface area contributed by atoms with E-state index in [0.717, 1.165) is 27.8 Å². The van der Waals surface area contributed by atoms with Gasteiger partial charge < -0.3 is 0 Å². The Hall–Kier alpha value is -1.88. The van der Waals surface area contributed by atoms with Gasteiger partial charge in [0.15, 0.2) is 0 Å². The number of hydrogen-bond donors (Lipinski definition) is 0. The average molecular weight is 366 g/mol. The van der Waals surface area contributed by atoms with Gasteiger partial charge in [-0.2, -0.15) is 0 Å². The van der Waals surface area contributed by atoms with Crippen molar-refractivity contribution in [2.45, 2.75) is 17.3 Å². The quantitative estimate of drug-likeness (QED) is 0.659. The molecule has 0 saturated heterocycles. The molecule has 0 spiro atoms. The number of nitrogens with zero attached hydrogens (tertiary/aromatic N) is 3. The zero-order valence-corrected chi connectivity index (χ0v) is 16.6. The number of rotatable bonds is 3. The fourth-order valence-electron chi connectivity index (χ4n) is 2.68. The van der Waals surface area contributed by atoms with Crippen molar-refractivity contribution in [1.29, 1.82) is 0 Å². The first kappa shape index (κ1) is 16.0. The third kappa shape index (κ3) is 3.25. The van der Waals surface area contributed by atoms with Crippen molar-refractivity contribution < 1.29 is 0 Å². The Morgan fingerprint density at radius 3 is 2.17 bits per heavy atom. The van der Waals surface area contributed by atoms with E-state index < -0.39 is 13.3 Å². The van der Waals surface area contributed by atoms with Crippen LogP contribution in [-0.2, 0) is 0 Å². The van der Waals surface area contributed by atoms with Crippen LogP contribution in [-0.4, -0.2) is 37.3 Å². The topological polar surface area (TPSA) is 29.0 Å². The molecule has 0 aliphatic rings. The predicted octanol–water partition coefficient (Wildman–Crippen LogP) is 3.91. The van der Waals surface area contributed by atoms with Crippen molar-refractivity contribution in [3.63, 3.8) is 0 Å².